The summed E-state index contributed by atoms with van der Waals surface area (Å²) >= 11 is 0. The van der Waals surface area contributed by atoms with Crippen LogP contribution < -0.4 is 10.9 Å². The summed E-state index contributed by atoms with van der Waals surface area (Å²) in [4.78, 5) is 26.6. The van der Waals surface area contributed by atoms with Gasteiger partial charge in [-0.3, -0.25) is 9.59 Å². The van der Waals surface area contributed by atoms with Gasteiger partial charge in [0.05, 0.1) is 17.1 Å². The van der Waals surface area contributed by atoms with Gasteiger partial charge in [0.2, 0.25) is 5.56 Å². The van der Waals surface area contributed by atoms with E-state index in [9.17, 15) is 9.59 Å². The number of amides is 1. The van der Waals surface area contributed by atoms with Crippen molar-refractivity contribution >= 4 is 22.5 Å². The number of nitrogens with zero attached hydrogens (tertiary/aromatic N) is 1. The zero-order valence-corrected chi connectivity index (χ0v) is 12.4. The second-order valence-corrected chi connectivity index (χ2v) is 5.22. The molecule has 0 radical (unpaired) electrons. The van der Waals surface area contributed by atoms with Crippen LogP contribution in [0.15, 0.2) is 53.3 Å². The topological polar surface area (TPSA) is 85.8 Å². The number of pyridine rings is 1. The highest BCUT2D eigenvalue weighted by Crippen LogP contribution is 2.19. The van der Waals surface area contributed by atoms with Crippen molar-refractivity contribution in [1.82, 2.24) is 4.98 Å². The highest BCUT2D eigenvalue weighted by atomic mass is 16.1. The Morgan fingerprint density at radius 3 is 2.78 bits per heavy atom. The number of hydrogen-bond donors (Lipinski definition) is 2. The normalized spacial score (nSPS) is 10.3. The molecule has 1 aromatic heterocycles. The van der Waals surface area contributed by atoms with Gasteiger partial charge in [0.15, 0.2) is 0 Å². The third kappa shape index (κ3) is 2.97. The van der Waals surface area contributed by atoms with Crippen molar-refractivity contribution in [2.75, 3.05) is 5.32 Å². The third-order valence-corrected chi connectivity index (χ3v) is 3.56. The van der Waals surface area contributed by atoms with Gasteiger partial charge >= 0.3 is 0 Å². The molecule has 0 saturated heterocycles. The molecular formula is C18H13N3O2. The molecular weight excluding hydrogens is 290 g/mol. The Morgan fingerprint density at radius 1 is 1.17 bits per heavy atom. The van der Waals surface area contributed by atoms with Crippen LogP contribution in [0.4, 0.5) is 5.69 Å². The summed E-state index contributed by atoms with van der Waals surface area (Å²) in [5.41, 5.74) is 2.77. The molecule has 0 aliphatic heterocycles. The van der Waals surface area contributed by atoms with Gasteiger partial charge in [-0.05, 0) is 42.8 Å². The molecule has 0 aliphatic carbocycles. The molecule has 0 bridgehead atoms. The van der Waals surface area contributed by atoms with E-state index in [1.165, 1.54) is 12.1 Å². The summed E-state index contributed by atoms with van der Waals surface area (Å²) in [7, 11) is 0. The molecule has 0 unspecified atom stereocenters. The summed E-state index contributed by atoms with van der Waals surface area (Å²) < 4.78 is 0. The molecule has 1 amide bonds. The number of aromatic amines is 1. The Morgan fingerprint density at radius 2 is 2.00 bits per heavy atom. The third-order valence-electron chi connectivity index (χ3n) is 3.56. The van der Waals surface area contributed by atoms with Crippen LogP contribution in [-0.4, -0.2) is 10.9 Å². The summed E-state index contributed by atoms with van der Waals surface area (Å²) in [6.07, 6.45) is 0. The standard InChI is InChI=1S/C18H13N3O2/c1-11-7-17(22)21-16-9-14(5-6-15(11)16)20-18(23)13-4-2-3-12(8-13)10-19/h2-9H,1H3,(H,20,23)(H,21,22). The summed E-state index contributed by atoms with van der Waals surface area (Å²) in [6.45, 7) is 1.86. The first-order valence-corrected chi connectivity index (χ1v) is 7.02. The Bertz CT molecular complexity index is 1010. The van der Waals surface area contributed by atoms with Crippen molar-refractivity contribution in [2.24, 2.45) is 0 Å². The molecule has 0 fully saturated rings. The minimum absolute atomic E-state index is 0.180. The van der Waals surface area contributed by atoms with Gasteiger partial charge in [0, 0.05) is 22.7 Å². The number of aryl methyl sites for hydroxylation is 1. The van der Waals surface area contributed by atoms with E-state index >= 15 is 0 Å². The maximum atomic E-state index is 12.3. The quantitative estimate of drug-likeness (QED) is 0.763. The SMILES string of the molecule is Cc1cc(=O)[nH]c2cc(NC(=O)c3cccc(C#N)c3)ccc12. The number of nitriles is 1. The molecule has 0 atom stereocenters. The molecule has 0 aliphatic rings. The summed E-state index contributed by atoms with van der Waals surface area (Å²) in [5, 5.41) is 12.6. The van der Waals surface area contributed by atoms with E-state index in [1.807, 2.05) is 19.1 Å². The van der Waals surface area contributed by atoms with Crippen molar-refractivity contribution < 1.29 is 4.79 Å². The number of carbonyl (C=O) groups excluding carboxylic acids is 1. The Kier molecular flexibility index (Phi) is 3.65. The first-order chi connectivity index (χ1) is 11.1. The van der Waals surface area contributed by atoms with Crippen LogP contribution >= 0.6 is 0 Å². The Balaban J connectivity index is 1.93. The average molecular weight is 303 g/mol. The molecule has 3 aromatic rings. The second-order valence-electron chi connectivity index (χ2n) is 5.22. The lowest BCUT2D eigenvalue weighted by Crippen LogP contribution is -2.12. The zero-order valence-electron chi connectivity index (χ0n) is 12.4. The highest BCUT2D eigenvalue weighted by molar-refractivity contribution is 6.05. The van der Waals surface area contributed by atoms with E-state index in [4.69, 9.17) is 5.26 Å². The van der Waals surface area contributed by atoms with Gasteiger partial charge in [-0.2, -0.15) is 5.26 Å². The first-order valence-electron chi connectivity index (χ1n) is 7.02. The summed E-state index contributed by atoms with van der Waals surface area (Å²) in [5.74, 6) is -0.309. The lowest BCUT2D eigenvalue weighted by Gasteiger charge is -2.08. The monoisotopic (exact) mass is 303 g/mol. The van der Waals surface area contributed by atoms with E-state index in [2.05, 4.69) is 10.3 Å². The lowest BCUT2D eigenvalue weighted by atomic mass is 10.1. The fraction of sp³-hybridized carbons (Fsp3) is 0.0556. The van der Waals surface area contributed by atoms with Crippen LogP contribution in [0.2, 0.25) is 0 Å². The van der Waals surface area contributed by atoms with Gasteiger partial charge < -0.3 is 10.3 Å². The molecule has 23 heavy (non-hydrogen) atoms. The fourth-order valence-corrected chi connectivity index (χ4v) is 2.45. The highest BCUT2D eigenvalue weighted by Gasteiger charge is 2.08. The van der Waals surface area contributed by atoms with Crippen LogP contribution in [0.25, 0.3) is 10.9 Å². The number of anilines is 1. The van der Waals surface area contributed by atoms with Crippen LogP contribution in [-0.2, 0) is 0 Å². The van der Waals surface area contributed by atoms with E-state index in [1.54, 1.807) is 30.3 Å². The van der Waals surface area contributed by atoms with E-state index in [0.717, 1.165) is 10.9 Å². The minimum atomic E-state index is -0.309. The Hall–Kier alpha value is -3.39. The fourth-order valence-electron chi connectivity index (χ4n) is 2.45. The van der Waals surface area contributed by atoms with Gasteiger partial charge in [0.1, 0.15) is 0 Å². The number of hydrogen-bond acceptors (Lipinski definition) is 3. The second kappa shape index (κ2) is 5.78. The summed E-state index contributed by atoms with van der Waals surface area (Å²) in [6, 6.07) is 15.4. The van der Waals surface area contributed by atoms with Crippen molar-refractivity contribution in [2.45, 2.75) is 6.92 Å². The molecule has 3 rings (SSSR count). The predicted molar refractivity (Wildman–Crippen MR) is 88.4 cm³/mol. The van der Waals surface area contributed by atoms with Gasteiger partial charge in [-0.25, -0.2) is 0 Å². The Labute approximate surface area is 132 Å². The minimum Gasteiger partial charge on any atom is -0.322 e. The molecule has 5 heteroatoms. The van der Waals surface area contributed by atoms with E-state index in [0.29, 0.717) is 22.3 Å². The average Bonchev–Trinajstić information content (AvgIpc) is 2.54. The molecule has 5 nitrogen and oxygen atoms in total. The van der Waals surface area contributed by atoms with Crippen molar-refractivity contribution in [3.05, 3.63) is 75.6 Å². The number of H-pyrrole nitrogens is 1. The lowest BCUT2D eigenvalue weighted by molar-refractivity contribution is 0.102. The number of rotatable bonds is 2. The van der Waals surface area contributed by atoms with Crippen LogP contribution in [0.3, 0.4) is 0 Å². The van der Waals surface area contributed by atoms with Gasteiger partial charge in [0.25, 0.3) is 5.91 Å². The largest absolute Gasteiger partial charge is 0.322 e. The molecule has 0 spiro atoms. The van der Waals surface area contributed by atoms with Crippen LogP contribution in [0.1, 0.15) is 21.5 Å². The van der Waals surface area contributed by atoms with Crippen molar-refractivity contribution in [3.63, 3.8) is 0 Å². The number of fused-ring (bicyclic) bond motifs is 1. The van der Waals surface area contributed by atoms with E-state index in [-0.39, 0.29) is 11.5 Å². The van der Waals surface area contributed by atoms with Crippen LogP contribution in [0.5, 0.6) is 0 Å². The smallest absolute Gasteiger partial charge is 0.255 e. The zero-order chi connectivity index (χ0) is 16.4. The van der Waals surface area contributed by atoms with Crippen molar-refractivity contribution in [3.8, 4) is 6.07 Å². The van der Waals surface area contributed by atoms with Gasteiger partial charge in [-0.15, -0.1) is 0 Å². The maximum Gasteiger partial charge on any atom is 0.255 e. The predicted octanol–water partition coefficient (Wildman–Crippen LogP) is 2.96. The van der Waals surface area contributed by atoms with Gasteiger partial charge in [-0.1, -0.05) is 12.1 Å². The number of nitrogens with one attached hydrogen (secondary N) is 2. The molecule has 112 valence electrons. The first kappa shape index (κ1) is 14.5. The molecule has 1 heterocycles. The molecule has 2 aromatic carbocycles. The van der Waals surface area contributed by atoms with Crippen molar-refractivity contribution in [1.29, 1.82) is 5.26 Å². The van der Waals surface area contributed by atoms with Crippen LogP contribution in [0, 0.1) is 18.3 Å². The maximum absolute atomic E-state index is 12.3. The number of aromatic nitrogens is 1. The molecule has 0 saturated carbocycles. The van der Waals surface area contributed by atoms with E-state index < -0.39 is 0 Å². The number of carbonyl (C=O) groups is 1. The molecule has 2 N–H and O–H groups in total. The number of benzene rings is 2.